The molecule has 2 aromatic rings. The lowest BCUT2D eigenvalue weighted by Gasteiger charge is -2.23. The quantitative estimate of drug-likeness (QED) is 0.248. The highest BCUT2D eigenvalue weighted by atomic mass is 79.9. The Bertz CT molecular complexity index is 1100. The number of hydrogen-bond donors (Lipinski definition) is 0. The molecule has 0 spiro atoms. The second kappa shape index (κ2) is 11.0. The molecule has 2 aromatic carbocycles. The van der Waals surface area contributed by atoms with Gasteiger partial charge in [-0.3, -0.25) is 0 Å². The minimum absolute atomic E-state index is 0.0449. The van der Waals surface area contributed by atoms with Crippen LogP contribution in [-0.4, -0.2) is 25.2 Å². The normalized spacial score (nSPS) is 23.4. The average molecular weight is 604 g/mol. The molecule has 0 amide bonds. The van der Waals surface area contributed by atoms with Crippen molar-refractivity contribution in [3.8, 4) is 0 Å². The third kappa shape index (κ3) is 6.45. The van der Waals surface area contributed by atoms with Crippen LogP contribution in [0.15, 0.2) is 68.6 Å². The van der Waals surface area contributed by atoms with E-state index < -0.39 is 0 Å². The molecule has 2 aliphatic carbocycles. The monoisotopic (exact) mass is 602 g/mol. The molecule has 0 heterocycles. The molecule has 35 heavy (non-hydrogen) atoms. The third-order valence-electron chi connectivity index (χ3n) is 7.39. The van der Waals surface area contributed by atoms with Crippen LogP contribution in [0.25, 0.3) is 0 Å². The highest BCUT2D eigenvalue weighted by Crippen LogP contribution is 2.52. The van der Waals surface area contributed by atoms with Crippen LogP contribution in [0.4, 0.5) is 0 Å². The Kier molecular flexibility index (Phi) is 8.22. The van der Waals surface area contributed by atoms with Crippen molar-refractivity contribution in [2.45, 2.75) is 46.5 Å². The molecule has 2 aliphatic rings. The number of hydrogen-bond acceptors (Lipinski definition) is 4. The summed E-state index contributed by atoms with van der Waals surface area (Å²) < 4.78 is 13.5. The minimum Gasteiger partial charge on any atom is -0.461 e. The van der Waals surface area contributed by atoms with Crippen molar-refractivity contribution in [1.82, 2.24) is 0 Å². The summed E-state index contributed by atoms with van der Waals surface area (Å²) in [6.45, 7) is 7.49. The number of esters is 2. The summed E-state index contributed by atoms with van der Waals surface area (Å²) in [5.74, 6) is 0.426. The first kappa shape index (κ1) is 26.2. The molecule has 186 valence electrons. The van der Waals surface area contributed by atoms with Crippen molar-refractivity contribution >= 4 is 43.8 Å². The average Bonchev–Trinajstić information content (AvgIpc) is 3.10. The molecule has 4 rings (SSSR count). The van der Waals surface area contributed by atoms with Gasteiger partial charge in [0.15, 0.2) is 0 Å². The van der Waals surface area contributed by atoms with E-state index in [1.807, 2.05) is 24.3 Å². The molecule has 0 unspecified atom stereocenters. The van der Waals surface area contributed by atoms with Crippen LogP contribution >= 0.6 is 31.9 Å². The largest absolute Gasteiger partial charge is 0.461 e. The van der Waals surface area contributed by atoms with Crippen LogP contribution in [-0.2, 0) is 9.47 Å². The van der Waals surface area contributed by atoms with E-state index in [-0.39, 0.29) is 29.9 Å². The lowest BCUT2D eigenvalue weighted by atomic mass is 9.84. The zero-order valence-corrected chi connectivity index (χ0v) is 23.7. The number of halogens is 2. The highest BCUT2D eigenvalue weighted by Gasteiger charge is 2.42. The Hall–Kier alpha value is -1.92. The number of ether oxygens (including phenoxy) is 2. The second-order valence-electron chi connectivity index (χ2n) is 10.6. The van der Waals surface area contributed by atoms with Crippen LogP contribution in [0.5, 0.6) is 0 Å². The predicted octanol–water partition coefficient (Wildman–Crippen LogP) is 8.00. The lowest BCUT2D eigenvalue weighted by molar-refractivity contribution is 0.0414. The van der Waals surface area contributed by atoms with Crippen LogP contribution in [0.3, 0.4) is 0 Å². The van der Waals surface area contributed by atoms with Gasteiger partial charge in [0.05, 0.1) is 17.7 Å². The van der Waals surface area contributed by atoms with Gasteiger partial charge in [-0.25, -0.2) is 9.59 Å². The first-order valence-electron chi connectivity index (χ1n) is 12.2. The number of carbonyl (C=O) groups is 2. The van der Waals surface area contributed by atoms with Crippen molar-refractivity contribution in [3.05, 3.63) is 79.7 Å². The third-order valence-corrected chi connectivity index (χ3v) is 8.44. The summed E-state index contributed by atoms with van der Waals surface area (Å²) in [6, 6.07) is 14.4. The van der Waals surface area contributed by atoms with E-state index in [1.165, 1.54) is 5.57 Å². The first-order chi connectivity index (χ1) is 16.6. The smallest absolute Gasteiger partial charge is 0.338 e. The number of allylic oxidation sites excluding steroid dienone is 1. The van der Waals surface area contributed by atoms with E-state index in [1.54, 1.807) is 24.3 Å². The fourth-order valence-corrected chi connectivity index (χ4v) is 6.02. The van der Waals surface area contributed by atoms with Crippen molar-refractivity contribution in [2.24, 2.45) is 23.2 Å². The highest BCUT2D eigenvalue weighted by molar-refractivity contribution is 9.10. The topological polar surface area (TPSA) is 52.6 Å². The Morgan fingerprint density at radius 3 is 2.00 bits per heavy atom. The molecule has 0 N–H and O–H groups in total. The molecule has 3 atom stereocenters. The van der Waals surface area contributed by atoms with Crippen molar-refractivity contribution in [1.29, 1.82) is 0 Å². The van der Waals surface area contributed by atoms with Gasteiger partial charge in [-0.2, -0.15) is 0 Å². The molecule has 0 aliphatic heterocycles. The van der Waals surface area contributed by atoms with E-state index in [4.69, 9.17) is 9.47 Å². The SMILES string of the molecule is C[C@H]1CC[C@H](COC(=O)c2ccc(Br)cc2)C(COC(=O)c2ccc(Br)cc2)=C2CC(C)(C)C[C@H]21. The Balaban J connectivity index is 1.55. The second-order valence-corrected chi connectivity index (χ2v) is 12.5. The van der Waals surface area contributed by atoms with Crippen LogP contribution in [0.1, 0.15) is 67.2 Å². The van der Waals surface area contributed by atoms with Crippen molar-refractivity contribution < 1.29 is 19.1 Å². The molecule has 1 fully saturated rings. The zero-order valence-electron chi connectivity index (χ0n) is 20.5. The Labute approximate surface area is 224 Å². The van der Waals surface area contributed by atoms with E-state index >= 15 is 0 Å². The number of fused-ring (bicyclic) bond motifs is 1. The van der Waals surface area contributed by atoms with Gasteiger partial charge in [0.25, 0.3) is 0 Å². The molecular weight excluding hydrogens is 572 g/mol. The van der Waals surface area contributed by atoms with Gasteiger partial charge in [-0.15, -0.1) is 0 Å². The maximum Gasteiger partial charge on any atom is 0.338 e. The minimum atomic E-state index is -0.331. The summed E-state index contributed by atoms with van der Waals surface area (Å²) in [7, 11) is 0. The van der Waals surface area contributed by atoms with Gasteiger partial charge in [-0.1, -0.05) is 58.2 Å². The fraction of sp³-hybridized carbons (Fsp3) is 0.448. The summed E-state index contributed by atoms with van der Waals surface area (Å²) in [5, 5.41) is 0. The van der Waals surface area contributed by atoms with Crippen molar-refractivity contribution in [2.75, 3.05) is 13.2 Å². The van der Waals surface area contributed by atoms with E-state index in [0.29, 0.717) is 29.6 Å². The molecule has 4 nitrogen and oxygen atoms in total. The molecular formula is C29H32Br2O4. The van der Waals surface area contributed by atoms with E-state index in [0.717, 1.165) is 40.2 Å². The molecule has 0 radical (unpaired) electrons. The first-order valence-corrected chi connectivity index (χ1v) is 13.8. The van der Waals surface area contributed by atoms with Crippen molar-refractivity contribution in [3.63, 3.8) is 0 Å². The van der Waals surface area contributed by atoms with Gasteiger partial charge in [0, 0.05) is 14.9 Å². The summed E-state index contributed by atoms with van der Waals surface area (Å²) in [5.41, 5.74) is 3.84. The van der Waals surface area contributed by atoms with Crippen LogP contribution < -0.4 is 0 Å². The fourth-order valence-electron chi connectivity index (χ4n) is 5.49. The van der Waals surface area contributed by atoms with Gasteiger partial charge in [0.2, 0.25) is 0 Å². The molecule has 6 heteroatoms. The number of benzene rings is 2. The zero-order chi connectivity index (χ0) is 25.2. The maximum atomic E-state index is 12.8. The van der Waals surface area contributed by atoms with Crippen LogP contribution in [0, 0.1) is 23.2 Å². The maximum absolute atomic E-state index is 12.8. The van der Waals surface area contributed by atoms with E-state index in [9.17, 15) is 9.59 Å². The summed E-state index contributed by atoms with van der Waals surface area (Å²) >= 11 is 6.81. The van der Waals surface area contributed by atoms with Crippen LogP contribution in [0.2, 0.25) is 0 Å². The Morgan fingerprint density at radius 1 is 0.886 bits per heavy atom. The van der Waals surface area contributed by atoms with Gasteiger partial charge < -0.3 is 9.47 Å². The molecule has 0 bridgehead atoms. The molecule has 1 saturated carbocycles. The standard InChI is InChI=1S/C29H32Br2O4/c1-18-4-5-21(16-34-27(32)19-6-10-22(30)11-7-19)26(25-15-29(2,3)14-24(18)25)17-35-28(33)20-8-12-23(31)13-9-20/h6-13,18,21,24H,4-5,14-17H2,1-3H3/t18-,21+,24-/m0/s1. The van der Waals surface area contributed by atoms with Gasteiger partial charge in [-0.05, 0) is 97.0 Å². The lowest BCUT2D eigenvalue weighted by Crippen LogP contribution is -2.21. The number of carbonyl (C=O) groups excluding carboxylic acids is 2. The Morgan fingerprint density at radius 2 is 1.43 bits per heavy atom. The predicted molar refractivity (Wildman–Crippen MR) is 144 cm³/mol. The summed E-state index contributed by atoms with van der Waals surface area (Å²) in [6.07, 6.45) is 4.11. The molecule has 0 saturated heterocycles. The van der Waals surface area contributed by atoms with Gasteiger partial charge >= 0.3 is 11.9 Å². The molecule has 0 aromatic heterocycles. The van der Waals surface area contributed by atoms with E-state index in [2.05, 4.69) is 52.6 Å². The number of rotatable bonds is 6. The van der Waals surface area contributed by atoms with Gasteiger partial charge in [0.1, 0.15) is 6.61 Å². The summed E-state index contributed by atoms with van der Waals surface area (Å²) in [4.78, 5) is 25.5.